The first-order valence-electron chi connectivity index (χ1n) is 10.5. The summed E-state index contributed by atoms with van der Waals surface area (Å²) in [4.78, 5) is 12.1. The largest absolute Gasteiger partial charge is 0.508 e. The zero-order chi connectivity index (χ0) is 17.4. The maximum Gasteiger partial charge on any atom is 0.210 e. The van der Waals surface area contributed by atoms with Crippen molar-refractivity contribution in [1.82, 2.24) is 0 Å². The van der Waals surface area contributed by atoms with Crippen molar-refractivity contribution in [2.45, 2.75) is 75.3 Å². The number of ether oxygens (including phenoxy) is 1. The molecule has 26 heavy (non-hydrogen) atoms. The van der Waals surface area contributed by atoms with E-state index in [0.717, 1.165) is 37.5 Å². The first-order chi connectivity index (χ1) is 12.6. The molecular formula is C22H28O4. The van der Waals surface area contributed by atoms with Crippen molar-refractivity contribution in [3.63, 3.8) is 0 Å². The minimum Gasteiger partial charge on any atom is -0.508 e. The Hall–Kier alpha value is -1.10. The first kappa shape index (κ1) is 15.9. The van der Waals surface area contributed by atoms with Crippen LogP contribution in [0.3, 0.4) is 0 Å². The van der Waals surface area contributed by atoms with Crippen LogP contribution in [0.2, 0.25) is 0 Å². The molecule has 0 atom stereocenters. The molecule has 2 spiro atoms. The van der Waals surface area contributed by atoms with Crippen molar-refractivity contribution < 1.29 is 19.6 Å². The minimum atomic E-state index is -0.525. The van der Waals surface area contributed by atoms with Gasteiger partial charge in [0.05, 0.1) is 0 Å². The number of aromatic hydroxyl groups is 1. The molecule has 5 saturated carbocycles. The van der Waals surface area contributed by atoms with Crippen LogP contribution < -0.4 is 0 Å². The third-order valence-corrected chi connectivity index (χ3v) is 8.06. The highest BCUT2D eigenvalue weighted by molar-refractivity contribution is 5.28. The maximum absolute atomic E-state index is 9.51. The van der Waals surface area contributed by atoms with Crippen LogP contribution in [0, 0.1) is 23.7 Å². The fourth-order valence-electron chi connectivity index (χ4n) is 6.93. The molecule has 1 aliphatic heterocycles. The summed E-state index contributed by atoms with van der Waals surface area (Å²) in [6.07, 6.45) is 10.4. The van der Waals surface area contributed by atoms with Gasteiger partial charge in [0.2, 0.25) is 11.6 Å². The van der Waals surface area contributed by atoms with E-state index in [1.54, 1.807) is 12.1 Å². The van der Waals surface area contributed by atoms with Gasteiger partial charge >= 0.3 is 0 Å². The molecule has 1 aromatic rings. The molecule has 4 nitrogen and oxygen atoms in total. The van der Waals surface area contributed by atoms with Crippen LogP contribution >= 0.6 is 0 Å². The van der Waals surface area contributed by atoms with Crippen LogP contribution in [0.5, 0.6) is 5.75 Å². The van der Waals surface area contributed by atoms with E-state index in [0.29, 0.717) is 23.5 Å². The number of phenolic OH excluding ortho intramolecular Hbond substituents is 1. The quantitative estimate of drug-likeness (QED) is 0.729. The van der Waals surface area contributed by atoms with Gasteiger partial charge in [0.25, 0.3) is 0 Å². The van der Waals surface area contributed by atoms with Gasteiger partial charge in [0, 0.05) is 24.7 Å². The van der Waals surface area contributed by atoms with Crippen LogP contribution in [-0.2, 0) is 14.5 Å². The van der Waals surface area contributed by atoms with Crippen LogP contribution in [0.25, 0.3) is 0 Å². The van der Waals surface area contributed by atoms with E-state index in [1.165, 1.54) is 37.7 Å². The lowest BCUT2D eigenvalue weighted by molar-refractivity contribution is -0.390. The molecule has 5 aliphatic carbocycles. The zero-order valence-electron chi connectivity index (χ0n) is 15.2. The molecule has 6 fully saturated rings. The van der Waals surface area contributed by atoms with E-state index in [2.05, 4.69) is 0 Å². The Labute approximate surface area is 154 Å². The molecular weight excluding hydrogens is 328 g/mol. The van der Waals surface area contributed by atoms with Gasteiger partial charge in [0.1, 0.15) is 5.75 Å². The Balaban J connectivity index is 1.18. The minimum absolute atomic E-state index is 0.334. The van der Waals surface area contributed by atoms with Gasteiger partial charge in [-0.1, -0.05) is 12.1 Å². The van der Waals surface area contributed by atoms with Gasteiger partial charge < -0.3 is 9.84 Å². The lowest BCUT2D eigenvalue weighted by atomic mass is 9.53. The van der Waals surface area contributed by atoms with Gasteiger partial charge in [-0.2, -0.15) is 9.78 Å². The molecule has 140 valence electrons. The average molecular weight is 356 g/mol. The van der Waals surface area contributed by atoms with E-state index >= 15 is 0 Å². The van der Waals surface area contributed by atoms with Crippen LogP contribution in [-0.4, -0.2) is 16.7 Å². The molecule has 0 aromatic heterocycles. The summed E-state index contributed by atoms with van der Waals surface area (Å²) in [7, 11) is 0. The lowest BCUT2D eigenvalue weighted by Gasteiger charge is -2.57. The Morgan fingerprint density at radius 1 is 0.808 bits per heavy atom. The molecule has 0 radical (unpaired) electrons. The van der Waals surface area contributed by atoms with Crippen LogP contribution in [0.4, 0.5) is 0 Å². The summed E-state index contributed by atoms with van der Waals surface area (Å²) in [5, 5.41) is 9.51. The van der Waals surface area contributed by atoms with Crippen molar-refractivity contribution in [3.8, 4) is 5.75 Å². The molecule has 1 heterocycles. The zero-order valence-corrected chi connectivity index (χ0v) is 15.2. The third kappa shape index (κ3) is 2.25. The topological polar surface area (TPSA) is 47.9 Å². The first-order valence-corrected chi connectivity index (χ1v) is 10.5. The number of rotatable bonds is 1. The number of hydrogen-bond donors (Lipinski definition) is 1. The Kier molecular flexibility index (Phi) is 3.34. The molecule has 1 aromatic carbocycles. The summed E-state index contributed by atoms with van der Waals surface area (Å²) >= 11 is 0. The van der Waals surface area contributed by atoms with Crippen LogP contribution in [0.15, 0.2) is 24.3 Å². The van der Waals surface area contributed by atoms with Gasteiger partial charge in [-0.25, -0.2) is 0 Å². The number of hydrogen-bond acceptors (Lipinski definition) is 4. The van der Waals surface area contributed by atoms with Crippen molar-refractivity contribution in [2.24, 2.45) is 23.7 Å². The van der Waals surface area contributed by atoms with Crippen LogP contribution in [0.1, 0.15) is 69.3 Å². The van der Waals surface area contributed by atoms with Gasteiger partial charge in [-0.05, 0) is 80.4 Å². The second kappa shape index (κ2) is 5.46. The van der Waals surface area contributed by atoms with Gasteiger partial charge in [-0.15, -0.1) is 0 Å². The van der Waals surface area contributed by atoms with Crippen molar-refractivity contribution in [2.75, 3.05) is 0 Å². The van der Waals surface area contributed by atoms with E-state index in [4.69, 9.17) is 14.5 Å². The molecule has 1 N–H and O–H groups in total. The summed E-state index contributed by atoms with van der Waals surface area (Å²) in [6, 6.07) is 7.66. The highest BCUT2D eigenvalue weighted by Crippen LogP contribution is 2.64. The molecule has 0 amide bonds. The Bertz CT molecular complexity index is 661. The van der Waals surface area contributed by atoms with Gasteiger partial charge in [-0.3, -0.25) is 0 Å². The molecule has 0 unspecified atom stereocenters. The van der Waals surface area contributed by atoms with Crippen molar-refractivity contribution in [3.05, 3.63) is 29.8 Å². The maximum atomic E-state index is 9.51. The SMILES string of the molecule is Oc1ccc(C2CCC3(CC2)OOC2(O3)C3CC4CC(C3)CC2C4)cc1. The van der Waals surface area contributed by atoms with E-state index < -0.39 is 11.6 Å². The predicted molar refractivity (Wildman–Crippen MR) is 95.1 cm³/mol. The average Bonchev–Trinajstić information content (AvgIpc) is 3.01. The van der Waals surface area contributed by atoms with E-state index in [-0.39, 0.29) is 0 Å². The van der Waals surface area contributed by atoms with Crippen molar-refractivity contribution >= 4 is 0 Å². The fraction of sp³-hybridized carbons (Fsp3) is 0.727. The smallest absolute Gasteiger partial charge is 0.210 e. The number of phenols is 1. The molecule has 6 aliphatic rings. The fourth-order valence-corrected chi connectivity index (χ4v) is 6.93. The second-order valence-corrected chi connectivity index (χ2v) is 9.57. The third-order valence-electron chi connectivity index (χ3n) is 8.06. The summed E-state index contributed by atoms with van der Waals surface area (Å²) in [5.74, 6) is 2.75. The summed E-state index contributed by atoms with van der Waals surface area (Å²) < 4.78 is 6.77. The number of benzene rings is 1. The predicted octanol–water partition coefficient (Wildman–Crippen LogP) is 4.88. The molecule has 7 rings (SSSR count). The Morgan fingerprint density at radius 3 is 2.04 bits per heavy atom. The second-order valence-electron chi connectivity index (χ2n) is 9.57. The summed E-state index contributed by atoms with van der Waals surface area (Å²) in [6.45, 7) is 0. The molecule has 4 heteroatoms. The molecule has 1 saturated heterocycles. The normalized spacial score (nSPS) is 49.3. The monoisotopic (exact) mass is 356 g/mol. The highest BCUT2D eigenvalue weighted by atomic mass is 17.3. The van der Waals surface area contributed by atoms with E-state index in [9.17, 15) is 5.11 Å². The van der Waals surface area contributed by atoms with Crippen molar-refractivity contribution in [1.29, 1.82) is 0 Å². The van der Waals surface area contributed by atoms with Gasteiger partial charge in [0.15, 0.2) is 0 Å². The highest BCUT2D eigenvalue weighted by Gasteiger charge is 2.66. The standard InChI is InChI=1S/C22H28O4/c23-20-3-1-16(2-4-20)17-5-7-21(8-6-17)24-22(26-25-21)18-10-14-9-15(12-18)13-19(22)11-14/h1-4,14-15,17-19,23H,5-13H2. The lowest BCUT2D eigenvalue weighted by Crippen LogP contribution is -2.59. The van der Waals surface area contributed by atoms with E-state index in [1.807, 2.05) is 12.1 Å². The molecule has 4 bridgehead atoms. The Morgan fingerprint density at radius 2 is 1.42 bits per heavy atom. The summed E-state index contributed by atoms with van der Waals surface area (Å²) in [5.41, 5.74) is 1.31.